The summed E-state index contributed by atoms with van der Waals surface area (Å²) in [6, 6.07) is 7.95. The Balaban J connectivity index is 2.41. The molecule has 116 valence electrons. The Hall–Kier alpha value is -1.99. The first kappa shape index (κ1) is 16.4. The van der Waals surface area contributed by atoms with Crippen molar-refractivity contribution < 1.29 is 14.3 Å². The Labute approximate surface area is 136 Å². The topological polar surface area (TPSA) is 81.4 Å². The summed E-state index contributed by atoms with van der Waals surface area (Å²) in [6.07, 6.45) is 0. The molecule has 3 N–H and O–H groups in total. The monoisotopic (exact) mass is 336 g/mol. The highest BCUT2D eigenvalue weighted by molar-refractivity contribution is 8.01. The molecule has 2 aromatic rings. The van der Waals surface area contributed by atoms with Gasteiger partial charge < -0.3 is 15.8 Å². The molecule has 5 nitrogen and oxygen atoms in total. The minimum absolute atomic E-state index is 0.238. The molecule has 0 aliphatic rings. The summed E-state index contributed by atoms with van der Waals surface area (Å²) in [5.74, 6) is -0.753. The van der Waals surface area contributed by atoms with E-state index in [1.165, 1.54) is 37.1 Å². The van der Waals surface area contributed by atoms with Crippen LogP contribution < -0.4 is 11.1 Å². The first-order valence-electron chi connectivity index (χ1n) is 6.45. The van der Waals surface area contributed by atoms with Crippen molar-refractivity contribution in [1.29, 1.82) is 0 Å². The van der Waals surface area contributed by atoms with E-state index in [1.807, 2.05) is 31.2 Å². The Morgan fingerprint density at radius 1 is 1.27 bits per heavy atom. The zero-order valence-corrected chi connectivity index (χ0v) is 14.1. The number of amides is 1. The number of aryl methyl sites for hydroxylation is 1. The number of anilines is 2. The third kappa shape index (κ3) is 3.61. The van der Waals surface area contributed by atoms with Gasteiger partial charge in [-0.25, -0.2) is 4.79 Å². The summed E-state index contributed by atoms with van der Waals surface area (Å²) in [4.78, 5) is 24.4. The second kappa shape index (κ2) is 6.85. The molecule has 1 aromatic heterocycles. The lowest BCUT2D eigenvalue weighted by Gasteiger charge is -2.06. The van der Waals surface area contributed by atoms with Crippen LogP contribution in [0, 0.1) is 6.92 Å². The third-order valence-corrected chi connectivity index (χ3v) is 5.19. The number of nitrogen functional groups attached to an aromatic ring is 1. The molecular weight excluding hydrogens is 320 g/mol. The summed E-state index contributed by atoms with van der Waals surface area (Å²) in [5.41, 5.74) is 7.85. The van der Waals surface area contributed by atoms with Gasteiger partial charge in [0, 0.05) is 11.8 Å². The van der Waals surface area contributed by atoms with E-state index < -0.39 is 5.97 Å². The maximum Gasteiger partial charge on any atom is 0.350 e. The number of nitrogens with one attached hydrogen (secondary N) is 1. The van der Waals surface area contributed by atoms with E-state index in [4.69, 9.17) is 10.5 Å². The molecular formula is C15H16N2O3S2. The molecule has 0 aliphatic heterocycles. The van der Waals surface area contributed by atoms with Crippen LogP contribution in [0.4, 0.5) is 11.4 Å². The number of carbonyl (C=O) groups is 2. The number of thiophene rings is 1. The molecule has 1 aromatic carbocycles. The number of hydrogen-bond acceptors (Lipinski definition) is 6. The van der Waals surface area contributed by atoms with Crippen LogP contribution in [0.5, 0.6) is 0 Å². The van der Waals surface area contributed by atoms with Crippen LogP contribution >= 0.6 is 23.1 Å². The van der Waals surface area contributed by atoms with Gasteiger partial charge in [-0.05, 0) is 19.1 Å². The largest absolute Gasteiger partial charge is 0.465 e. The molecule has 0 saturated heterocycles. The minimum atomic E-state index is -0.509. The zero-order valence-electron chi connectivity index (χ0n) is 12.4. The zero-order chi connectivity index (χ0) is 16.3. The van der Waals surface area contributed by atoms with E-state index in [-0.39, 0.29) is 11.6 Å². The van der Waals surface area contributed by atoms with Crippen molar-refractivity contribution in [1.82, 2.24) is 0 Å². The van der Waals surface area contributed by atoms with E-state index in [1.54, 1.807) is 0 Å². The fourth-order valence-electron chi connectivity index (χ4n) is 1.75. The SMILES string of the molecule is COC(=O)c1sc(Sc2ccc(C)cc2)c(NC(C)=O)c1N. The van der Waals surface area contributed by atoms with E-state index in [9.17, 15) is 9.59 Å². The van der Waals surface area contributed by atoms with Gasteiger partial charge in [-0.2, -0.15) is 0 Å². The summed E-state index contributed by atoms with van der Waals surface area (Å²) in [5, 5.41) is 2.69. The minimum Gasteiger partial charge on any atom is -0.465 e. The number of hydrogen-bond donors (Lipinski definition) is 2. The fourth-order valence-corrected chi connectivity index (χ4v) is 4.03. The van der Waals surface area contributed by atoms with E-state index >= 15 is 0 Å². The summed E-state index contributed by atoms with van der Waals surface area (Å²) in [6.45, 7) is 3.41. The molecule has 0 fully saturated rings. The molecule has 0 spiro atoms. The second-order valence-electron chi connectivity index (χ2n) is 4.60. The van der Waals surface area contributed by atoms with Gasteiger partial charge in [0.1, 0.15) is 4.88 Å². The van der Waals surface area contributed by atoms with Crippen molar-refractivity contribution in [2.75, 3.05) is 18.2 Å². The van der Waals surface area contributed by atoms with E-state index in [0.717, 1.165) is 14.7 Å². The highest BCUT2D eigenvalue weighted by Gasteiger charge is 2.23. The van der Waals surface area contributed by atoms with Crippen LogP contribution in [0.15, 0.2) is 33.4 Å². The van der Waals surface area contributed by atoms with Crippen molar-refractivity contribution in [2.45, 2.75) is 23.0 Å². The van der Waals surface area contributed by atoms with E-state index in [2.05, 4.69) is 5.32 Å². The third-order valence-electron chi connectivity index (χ3n) is 2.82. The van der Waals surface area contributed by atoms with Gasteiger partial charge in [-0.15, -0.1) is 11.3 Å². The first-order chi connectivity index (χ1) is 10.4. The number of rotatable bonds is 4. The van der Waals surface area contributed by atoms with Crippen molar-refractivity contribution in [2.24, 2.45) is 0 Å². The van der Waals surface area contributed by atoms with Crippen molar-refractivity contribution in [3.63, 3.8) is 0 Å². The average molecular weight is 336 g/mol. The lowest BCUT2D eigenvalue weighted by Crippen LogP contribution is -2.09. The normalized spacial score (nSPS) is 10.3. The summed E-state index contributed by atoms with van der Waals surface area (Å²) in [7, 11) is 1.30. The summed E-state index contributed by atoms with van der Waals surface area (Å²) < 4.78 is 5.47. The maximum absolute atomic E-state index is 11.8. The quantitative estimate of drug-likeness (QED) is 0.835. The molecule has 0 saturated carbocycles. The maximum atomic E-state index is 11.8. The number of carbonyl (C=O) groups excluding carboxylic acids is 2. The summed E-state index contributed by atoms with van der Waals surface area (Å²) >= 11 is 2.65. The van der Waals surface area contributed by atoms with Gasteiger partial charge >= 0.3 is 5.97 Å². The fraction of sp³-hybridized carbons (Fsp3) is 0.200. The molecule has 0 unspecified atom stereocenters. The Morgan fingerprint density at radius 2 is 1.91 bits per heavy atom. The molecule has 7 heteroatoms. The van der Waals surface area contributed by atoms with Gasteiger partial charge in [0.2, 0.25) is 5.91 Å². The smallest absolute Gasteiger partial charge is 0.350 e. The van der Waals surface area contributed by atoms with Crippen LogP contribution in [-0.4, -0.2) is 19.0 Å². The van der Waals surface area contributed by atoms with Gasteiger partial charge in [-0.1, -0.05) is 29.5 Å². The van der Waals surface area contributed by atoms with E-state index in [0.29, 0.717) is 10.6 Å². The van der Waals surface area contributed by atoms with Crippen LogP contribution in [0.1, 0.15) is 22.2 Å². The lowest BCUT2D eigenvalue weighted by molar-refractivity contribution is -0.114. The molecule has 0 atom stereocenters. The van der Waals surface area contributed by atoms with Crippen molar-refractivity contribution in [3.05, 3.63) is 34.7 Å². The highest BCUT2D eigenvalue weighted by Crippen LogP contribution is 2.45. The average Bonchev–Trinajstić information content (AvgIpc) is 2.77. The number of esters is 1. The molecule has 0 radical (unpaired) electrons. The van der Waals surface area contributed by atoms with Gasteiger partial charge in [-0.3, -0.25) is 4.79 Å². The second-order valence-corrected chi connectivity index (χ2v) is 6.96. The Kier molecular flexibility index (Phi) is 5.10. The van der Waals surface area contributed by atoms with Crippen LogP contribution in [0.3, 0.4) is 0 Å². The molecule has 0 bridgehead atoms. The molecule has 1 amide bonds. The molecule has 0 aliphatic carbocycles. The number of nitrogens with two attached hydrogens (primary N) is 1. The van der Waals surface area contributed by atoms with Crippen LogP contribution in [0.25, 0.3) is 0 Å². The van der Waals surface area contributed by atoms with Crippen molar-refractivity contribution in [3.8, 4) is 0 Å². The van der Waals surface area contributed by atoms with Gasteiger partial charge in [0.25, 0.3) is 0 Å². The predicted molar refractivity (Wildman–Crippen MR) is 89.7 cm³/mol. The predicted octanol–water partition coefficient (Wildman–Crippen LogP) is 3.53. The van der Waals surface area contributed by atoms with Crippen LogP contribution in [0.2, 0.25) is 0 Å². The Bertz CT molecular complexity index is 708. The lowest BCUT2D eigenvalue weighted by atomic mass is 10.2. The Morgan fingerprint density at radius 3 is 2.45 bits per heavy atom. The standard InChI is InChI=1S/C15H16N2O3S2/c1-8-4-6-10(7-5-8)21-15-12(17-9(2)18)11(16)13(22-15)14(19)20-3/h4-7H,16H2,1-3H3,(H,17,18). The molecule has 22 heavy (non-hydrogen) atoms. The number of ether oxygens (including phenoxy) is 1. The molecule has 1 heterocycles. The highest BCUT2D eigenvalue weighted by atomic mass is 32.2. The van der Waals surface area contributed by atoms with Crippen molar-refractivity contribution >= 4 is 46.3 Å². The first-order valence-corrected chi connectivity index (χ1v) is 8.08. The molecule has 2 rings (SSSR count). The number of benzene rings is 1. The van der Waals surface area contributed by atoms with Crippen LogP contribution in [-0.2, 0) is 9.53 Å². The van der Waals surface area contributed by atoms with Gasteiger partial charge in [0.15, 0.2) is 0 Å². The van der Waals surface area contributed by atoms with Gasteiger partial charge in [0.05, 0.1) is 22.7 Å². The number of methoxy groups -OCH3 is 1.